The lowest BCUT2D eigenvalue weighted by atomic mass is 9.97. The minimum Gasteiger partial charge on any atom is -0.449 e. The number of ether oxygens (including phenoxy) is 1. The molecule has 1 aromatic heterocycles. The van der Waals surface area contributed by atoms with Crippen LogP contribution in [-0.4, -0.2) is 42.2 Å². The Morgan fingerprint density at radius 3 is 2.95 bits per heavy atom. The molecule has 6 nitrogen and oxygen atoms in total. The van der Waals surface area contributed by atoms with Gasteiger partial charge in [-0.25, -0.2) is 4.79 Å². The van der Waals surface area contributed by atoms with Crippen molar-refractivity contribution in [2.75, 3.05) is 37.3 Å². The van der Waals surface area contributed by atoms with Crippen LogP contribution in [0.2, 0.25) is 0 Å². The smallest absolute Gasteiger partial charge is 0.409 e. The van der Waals surface area contributed by atoms with Gasteiger partial charge in [-0.1, -0.05) is 13.3 Å². The number of carbonyl (C=O) groups is 1. The van der Waals surface area contributed by atoms with Gasteiger partial charge in [0.2, 0.25) is 0 Å². The lowest BCUT2D eigenvalue weighted by molar-refractivity contribution is 0.0877. The molecular weight excluding hydrogens is 280 g/mol. The van der Waals surface area contributed by atoms with E-state index in [1.54, 1.807) is 12.4 Å². The predicted molar refractivity (Wildman–Crippen MR) is 87.7 cm³/mol. The average molecular weight is 306 g/mol. The SMILES string of the molecule is CCCCOC(=O)N1CCC(CNc2ccncc2N)CC1. The Labute approximate surface area is 132 Å². The number of nitrogens with two attached hydrogens (primary N) is 1. The van der Waals surface area contributed by atoms with Crippen LogP contribution in [-0.2, 0) is 4.74 Å². The predicted octanol–water partition coefficient (Wildman–Crippen LogP) is 2.72. The number of nitrogen functional groups attached to an aromatic ring is 1. The summed E-state index contributed by atoms with van der Waals surface area (Å²) in [5.41, 5.74) is 7.45. The third kappa shape index (κ3) is 4.79. The van der Waals surface area contributed by atoms with Gasteiger partial charge in [0.05, 0.1) is 24.2 Å². The molecule has 1 saturated heterocycles. The van der Waals surface area contributed by atoms with Gasteiger partial charge in [0.15, 0.2) is 0 Å². The number of rotatable bonds is 6. The number of nitrogens with zero attached hydrogens (tertiary/aromatic N) is 2. The summed E-state index contributed by atoms with van der Waals surface area (Å²) in [6.45, 7) is 5.01. The summed E-state index contributed by atoms with van der Waals surface area (Å²) in [6, 6.07) is 1.88. The Balaban J connectivity index is 1.69. The van der Waals surface area contributed by atoms with Gasteiger partial charge in [-0.15, -0.1) is 0 Å². The molecule has 1 aromatic rings. The maximum absolute atomic E-state index is 11.9. The van der Waals surface area contributed by atoms with Gasteiger partial charge in [-0.3, -0.25) is 4.98 Å². The lowest BCUT2D eigenvalue weighted by Crippen LogP contribution is -2.40. The zero-order chi connectivity index (χ0) is 15.8. The number of unbranched alkanes of at least 4 members (excludes halogenated alkanes) is 1. The highest BCUT2D eigenvalue weighted by Gasteiger charge is 2.23. The van der Waals surface area contributed by atoms with Crippen LogP contribution in [0, 0.1) is 5.92 Å². The monoisotopic (exact) mass is 306 g/mol. The molecule has 6 heteroatoms. The van der Waals surface area contributed by atoms with Crippen molar-refractivity contribution in [2.24, 2.45) is 5.92 Å². The molecule has 22 heavy (non-hydrogen) atoms. The van der Waals surface area contributed by atoms with Gasteiger partial charge >= 0.3 is 6.09 Å². The van der Waals surface area contributed by atoms with Crippen LogP contribution in [0.5, 0.6) is 0 Å². The van der Waals surface area contributed by atoms with Gasteiger partial charge in [0.1, 0.15) is 0 Å². The summed E-state index contributed by atoms with van der Waals surface area (Å²) in [5.74, 6) is 0.548. The van der Waals surface area contributed by atoms with Crippen LogP contribution in [0.15, 0.2) is 18.5 Å². The number of pyridine rings is 1. The lowest BCUT2D eigenvalue weighted by Gasteiger charge is -2.31. The highest BCUT2D eigenvalue weighted by atomic mass is 16.6. The largest absolute Gasteiger partial charge is 0.449 e. The summed E-state index contributed by atoms with van der Waals surface area (Å²) in [6.07, 6.45) is 7.16. The second-order valence-corrected chi connectivity index (χ2v) is 5.74. The molecular formula is C16H26N4O2. The molecule has 0 bridgehead atoms. The third-order valence-electron chi connectivity index (χ3n) is 4.03. The van der Waals surface area contributed by atoms with Crippen molar-refractivity contribution < 1.29 is 9.53 Å². The average Bonchev–Trinajstić information content (AvgIpc) is 2.55. The fourth-order valence-electron chi connectivity index (χ4n) is 2.54. The van der Waals surface area contributed by atoms with E-state index in [2.05, 4.69) is 17.2 Å². The molecule has 0 aliphatic carbocycles. The minimum absolute atomic E-state index is 0.168. The van der Waals surface area contributed by atoms with Crippen LogP contribution in [0.3, 0.4) is 0 Å². The van der Waals surface area contributed by atoms with Crippen LogP contribution < -0.4 is 11.1 Å². The van der Waals surface area contributed by atoms with Crippen LogP contribution in [0.4, 0.5) is 16.2 Å². The number of hydrogen-bond donors (Lipinski definition) is 2. The quantitative estimate of drug-likeness (QED) is 0.790. The number of carbonyl (C=O) groups excluding carboxylic acids is 1. The molecule has 122 valence electrons. The van der Waals surface area contributed by atoms with Crippen LogP contribution in [0.25, 0.3) is 0 Å². The Morgan fingerprint density at radius 2 is 2.27 bits per heavy atom. The van der Waals surface area contributed by atoms with Crippen LogP contribution in [0.1, 0.15) is 32.6 Å². The number of nitrogens with one attached hydrogen (secondary N) is 1. The maximum Gasteiger partial charge on any atom is 0.409 e. The second kappa shape index (κ2) is 8.46. The van der Waals surface area contributed by atoms with Gasteiger partial charge in [0.25, 0.3) is 0 Å². The van der Waals surface area contributed by atoms with Crippen molar-refractivity contribution in [1.82, 2.24) is 9.88 Å². The molecule has 0 spiro atoms. The van der Waals surface area contributed by atoms with Crippen molar-refractivity contribution in [1.29, 1.82) is 0 Å². The van der Waals surface area contributed by atoms with Gasteiger partial charge < -0.3 is 20.7 Å². The normalized spacial score (nSPS) is 15.6. The molecule has 2 rings (SSSR count). The summed E-state index contributed by atoms with van der Waals surface area (Å²) >= 11 is 0. The Kier molecular flexibility index (Phi) is 6.30. The fraction of sp³-hybridized carbons (Fsp3) is 0.625. The van der Waals surface area contributed by atoms with E-state index in [0.29, 0.717) is 18.2 Å². The van der Waals surface area contributed by atoms with Crippen molar-refractivity contribution >= 4 is 17.5 Å². The number of piperidine rings is 1. The summed E-state index contributed by atoms with van der Waals surface area (Å²) in [7, 11) is 0. The highest BCUT2D eigenvalue weighted by molar-refractivity contribution is 5.67. The number of anilines is 2. The van der Waals surface area contributed by atoms with Gasteiger partial charge in [-0.05, 0) is 31.2 Å². The molecule has 0 aromatic carbocycles. The van der Waals surface area contributed by atoms with E-state index < -0.39 is 0 Å². The number of likely N-dealkylation sites (tertiary alicyclic amines) is 1. The zero-order valence-electron chi connectivity index (χ0n) is 13.3. The number of amides is 1. The molecule has 0 unspecified atom stereocenters. The summed E-state index contributed by atoms with van der Waals surface area (Å²) in [4.78, 5) is 17.7. The Morgan fingerprint density at radius 1 is 1.50 bits per heavy atom. The first-order valence-corrected chi connectivity index (χ1v) is 8.05. The molecule has 0 radical (unpaired) electrons. The Bertz CT molecular complexity index is 473. The first-order chi connectivity index (χ1) is 10.7. The van der Waals surface area contributed by atoms with Gasteiger partial charge in [0, 0.05) is 25.8 Å². The van der Waals surface area contributed by atoms with E-state index in [4.69, 9.17) is 10.5 Å². The molecule has 1 aliphatic rings. The summed E-state index contributed by atoms with van der Waals surface area (Å²) in [5, 5.41) is 3.37. The van der Waals surface area contributed by atoms with Crippen molar-refractivity contribution in [3.05, 3.63) is 18.5 Å². The van der Waals surface area contributed by atoms with E-state index >= 15 is 0 Å². The Hall–Kier alpha value is -1.98. The number of aromatic nitrogens is 1. The first kappa shape index (κ1) is 16.4. The third-order valence-corrected chi connectivity index (χ3v) is 4.03. The van der Waals surface area contributed by atoms with Gasteiger partial charge in [-0.2, -0.15) is 0 Å². The second-order valence-electron chi connectivity index (χ2n) is 5.74. The fourth-order valence-corrected chi connectivity index (χ4v) is 2.54. The van der Waals surface area contributed by atoms with Crippen molar-refractivity contribution in [2.45, 2.75) is 32.6 Å². The van der Waals surface area contributed by atoms with Crippen LogP contribution >= 0.6 is 0 Å². The van der Waals surface area contributed by atoms with Crippen molar-refractivity contribution in [3.8, 4) is 0 Å². The maximum atomic E-state index is 11.9. The molecule has 1 fully saturated rings. The first-order valence-electron chi connectivity index (χ1n) is 8.05. The van der Waals surface area contributed by atoms with E-state index in [0.717, 1.165) is 51.0 Å². The molecule has 2 heterocycles. The molecule has 0 saturated carbocycles. The minimum atomic E-state index is -0.168. The summed E-state index contributed by atoms with van der Waals surface area (Å²) < 4.78 is 5.25. The highest BCUT2D eigenvalue weighted by Crippen LogP contribution is 2.21. The molecule has 3 N–H and O–H groups in total. The van der Waals surface area contributed by atoms with E-state index in [-0.39, 0.29) is 6.09 Å². The molecule has 0 atom stereocenters. The van der Waals surface area contributed by atoms with E-state index in [9.17, 15) is 4.79 Å². The topological polar surface area (TPSA) is 80.5 Å². The molecule has 1 aliphatic heterocycles. The standard InChI is InChI=1S/C16H26N4O2/c1-2-3-10-22-16(21)20-8-5-13(6-9-20)11-19-15-4-7-18-12-14(15)17/h4,7,12-13H,2-3,5-6,8-11,17H2,1H3,(H,18,19). The van der Waals surface area contributed by atoms with Crippen molar-refractivity contribution in [3.63, 3.8) is 0 Å². The van der Waals surface area contributed by atoms with E-state index in [1.165, 1.54) is 0 Å². The molecule has 1 amide bonds. The van der Waals surface area contributed by atoms with E-state index in [1.807, 2.05) is 11.0 Å². The zero-order valence-corrected chi connectivity index (χ0v) is 13.3. The number of hydrogen-bond acceptors (Lipinski definition) is 5.